The largest absolute Gasteiger partial charge is 0.393 e. The zero-order valence-electron chi connectivity index (χ0n) is 8.40. The van der Waals surface area contributed by atoms with E-state index in [2.05, 4.69) is 9.97 Å². The molecule has 14 heavy (non-hydrogen) atoms. The molecule has 1 rings (SSSR count). The third kappa shape index (κ3) is 3.26. The standard InChI is InChI=1S/C9H14N4S/c1-7-5-11-9(12-6-7)13(2)4-3-8(10)14/h5-6H,3-4H2,1-2H3,(H2,10,14). The molecule has 1 heterocycles. The Labute approximate surface area is 89.2 Å². The van der Waals surface area contributed by atoms with Gasteiger partial charge in [0.2, 0.25) is 5.95 Å². The van der Waals surface area contributed by atoms with Gasteiger partial charge in [-0.1, -0.05) is 12.2 Å². The van der Waals surface area contributed by atoms with Crippen molar-refractivity contribution in [2.45, 2.75) is 13.3 Å². The fourth-order valence-corrected chi connectivity index (χ4v) is 1.05. The molecule has 0 aliphatic rings. The number of thiocarbonyl (C=S) groups is 1. The molecule has 1 aromatic heterocycles. The van der Waals surface area contributed by atoms with E-state index in [0.29, 0.717) is 17.4 Å². The monoisotopic (exact) mass is 210 g/mol. The summed E-state index contributed by atoms with van der Waals surface area (Å²) < 4.78 is 0. The van der Waals surface area contributed by atoms with Crippen molar-refractivity contribution in [2.75, 3.05) is 18.5 Å². The van der Waals surface area contributed by atoms with Gasteiger partial charge in [-0.05, 0) is 12.5 Å². The number of aromatic nitrogens is 2. The minimum atomic E-state index is 0.518. The molecule has 0 saturated heterocycles. The first-order valence-corrected chi connectivity index (χ1v) is 4.78. The zero-order chi connectivity index (χ0) is 10.6. The Morgan fingerprint density at radius 3 is 2.57 bits per heavy atom. The second-order valence-electron chi connectivity index (χ2n) is 3.20. The lowest BCUT2D eigenvalue weighted by atomic mass is 10.4. The summed E-state index contributed by atoms with van der Waals surface area (Å²) in [7, 11) is 1.92. The first-order chi connectivity index (χ1) is 6.59. The van der Waals surface area contributed by atoms with E-state index in [0.717, 1.165) is 12.1 Å². The fraction of sp³-hybridized carbons (Fsp3) is 0.444. The molecule has 0 saturated carbocycles. The third-order valence-corrected chi connectivity index (χ3v) is 2.01. The molecular weight excluding hydrogens is 196 g/mol. The molecule has 0 atom stereocenters. The van der Waals surface area contributed by atoms with Gasteiger partial charge >= 0.3 is 0 Å². The Bertz CT molecular complexity index is 309. The number of nitrogens with two attached hydrogens (primary N) is 1. The molecule has 2 N–H and O–H groups in total. The summed E-state index contributed by atoms with van der Waals surface area (Å²) in [4.78, 5) is 10.8. The van der Waals surface area contributed by atoms with Gasteiger partial charge in [0.05, 0.1) is 4.99 Å². The van der Waals surface area contributed by atoms with E-state index in [1.807, 2.05) is 18.9 Å². The van der Waals surface area contributed by atoms with Crippen LogP contribution in [0, 0.1) is 6.92 Å². The van der Waals surface area contributed by atoms with Crippen LogP contribution in [0.2, 0.25) is 0 Å². The van der Waals surface area contributed by atoms with Crippen LogP contribution in [-0.2, 0) is 0 Å². The molecule has 76 valence electrons. The predicted molar refractivity (Wildman–Crippen MR) is 61.4 cm³/mol. The molecule has 4 nitrogen and oxygen atoms in total. The Morgan fingerprint density at radius 1 is 1.50 bits per heavy atom. The molecule has 0 aliphatic carbocycles. The number of aryl methyl sites for hydroxylation is 1. The Morgan fingerprint density at radius 2 is 2.07 bits per heavy atom. The molecule has 0 bridgehead atoms. The summed E-state index contributed by atoms with van der Waals surface area (Å²) in [6.45, 7) is 2.71. The Kier molecular flexibility index (Phi) is 3.76. The SMILES string of the molecule is Cc1cnc(N(C)CCC(N)=S)nc1. The van der Waals surface area contributed by atoms with E-state index in [9.17, 15) is 0 Å². The molecular formula is C9H14N4S. The van der Waals surface area contributed by atoms with E-state index in [1.54, 1.807) is 12.4 Å². The molecule has 1 aromatic rings. The van der Waals surface area contributed by atoms with Crippen molar-refractivity contribution in [2.24, 2.45) is 5.73 Å². The van der Waals surface area contributed by atoms with Crippen LogP contribution in [0.25, 0.3) is 0 Å². The van der Waals surface area contributed by atoms with E-state index < -0.39 is 0 Å². The summed E-state index contributed by atoms with van der Waals surface area (Å²) in [6, 6.07) is 0. The first kappa shape index (κ1) is 10.8. The van der Waals surface area contributed by atoms with Gasteiger partial charge < -0.3 is 10.6 Å². The second-order valence-corrected chi connectivity index (χ2v) is 3.72. The van der Waals surface area contributed by atoms with Gasteiger partial charge in [-0.3, -0.25) is 0 Å². The van der Waals surface area contributed by atoms with Crippen LogP contribution in [-0.4, -0.2) is 28.5 Å². The molecule has 0 spiro atoms. The summed E-state index contributed by atoms with van der Waals surface area (Å²) in [5, 5.41) is 0. The lowest BCUT2D eigenvalue weighted by Gasteiger charge is -2.15. The van der Waals surface area contributed by atoms with Gasteiger partial charge in [-0.15, -0.1) is 0 Å². The van der Waals surface area contributed by atoms with Crippen molar-refractivity contribution in [3.63, 3.8) is 0 Å². The van der Waals surface area contributed by atoms with E-state index in [4.69, 9.17) is 18.0 Å². The van der Waals surface area contributed by atoms with Crippen molar-refractivity contribution < 1.29 is 0 Å². The van der Waals surface area contributed by atoms with Crippen LogP contribution in [0.5, 0.6) is 0 Å². The number of hydrogen-bond acceptors (Lipinski definition) is 4. The summed E-state index contributed by atoms with van der Waals surface area (Å²) >= 11 is 4.79. The highest BCUT2D eigenvalue weighted by Crippen LogP contribution is 2.04. The topological polar surface area (TPSA) is 55.0 Å². The number of rotatable bonds is 4. The predicted octanol–water partition coefficient (Wildman–Crippen LogP) is 0.897. The molecule has 5 heteroatoms. The van der Waals surface area contributed by atoms with Crippen molar-refractivity contribution in [3.05, 3.63) is 18.0 Å². The van der Waals surface area contributed by atoms with Crippen LogP contribution in [0.15, 0.2) is 12.4 Å². The maximum Gasteiger partial charge on any atom is 0.225 e. The van der Waals surface area contributed by atoms with E-state index >= 15 is 0 Å². The van der Waals surface area contributed by atoms with Crippen LogP contribution in [0.3, 0.4) is 0 Å². The zero-order valence-corrected chi connectivity index (χ0v) is 9.21. The molecule has 0 aliphatic heterocycles. The molecule has 0 amide bonds. The lowest BCUT2D eigenvalue weighted by Crippen LogP contribution is -2.24. The maximum absolute atomic E-state index is 5.41. The van der Waals surface area contributed by atoms with Gasteiger partial charge in [0.1, 0.15) is 0 Å². The number of hydrogen-bond donors (Lipinski definition) is 1. The summed E-state index contributed by atoms with van der Waals surface area (Å²) in [6.07, 6.45) is 4.27. The minimum absolute atomic E-state index is 0.518. The Hall–Kier alpha value is -1.23. The molecule has 0 aromatic carbocycles. The fourth-order valence-electron chi connectivity index (χ4n) is 0.961. The molecule has 0 fully saturated rings. The van der Waals surface area contributed by atoms with Crippen LogP contribution >= 0.6 is 12.2 Å². The quantitative estimate of drug-likeness (QED) is 0.748. The highest BCUT2D eigenvalue weighted by molar-refractivity contribution is 7.80. The van der Waals surface area contributed by atoms with Crippen molar-refractivity contribution in [1.82, 2.24) is 9.97 Å². The maximum atomic E-state index is 5.41. The smallest absolute Gasteiger partial charge is 0.225 e. The van der Waals surface area contributed by atoms with Crippen molar-refractivity contribution in [3.8, 4) is 0 Å². The van der Waals surface area contributed by atoms with Crippen LogP contribution < -0.4 is 10.6 Å². The second kappa shape index (κ2) is 4.85. The van der Waals surface area contributed by atoms with Crippen LogP contribution in [0.4, 0.5) is 5.95 Å². The van der Waals surface area contributed by atoms with Crippen molar-refractivity contribution in [1.29, 1.82) is 0 Å². The van der Waals surface area contributed by atoms with E-state index in [-0.39, 0.29) is 0 Å². The minimum Gasteiger partial charge on any atom is -0.393 e. The van der Waals surface area contributed by atoms with Gasteiger partial charge in [-0.2, -0.15) is 0 Å². The van der Waals surface area contributed by atoms with Crippen molar-refractivity contribution >= 4 is 23.2 Å². The highest BCUT2D eigenvalue weighted by atomic mass is 32.1. The average molecular weight is 210 g/mol. The van der Waals surface area contributed by atoms with E-state index in [1.165, 1.54) is 0 Å². The lowest BCUT2D eigenvalue weighted by molar-refractivity contribution is 0.867. The molecule has 0 unspecified atom stereocenters. The number of anilines is 1. The average Bonchev–Trinajstić information content (AvgIpc) is 2.15. The van der Waals surface area contributed by atoms with Gasteiger partial charge in [0, 0.05) is 32.4 Å². The molecule has 0 radical (unpaired) electrons. The third-order valence-electron chi connectivity index (χ3n) is 1.80. The van der Waals surface area contributed by atoms with Crippen LogP contribution in [0.1, 0.15) is 12.0 Å². The van der Waals surface area contributed by atoms with Gasteiger partial charge in [0.25, 0.3) is 0 Å². The Balaban J connectivity index is 2.56. The van der Waals surface area contributed by atoms with Gasteiger partial charge in [0.15, 0.2) is 0 Å². The normalized spacial score (nSPS) is 9.86. The first-order valence-electron chi connectivity index (χ1n) is 4.37. The summed E-state index contributed by atoms with van der Waals surface area (Å²) in [5.74, 6) is 0.701. The van der Waals surface area contributed by atoms with Gasteiger partial charge in [-0.25, -0.2) is 9.97 Å². The summed E-state index contributed by atoms with van der Waals surface area (Å²) in [5.41, 5.74) is 6.46. The highest BCUT2D eigenvalue weighted by Gasteiger charge is 2.03. The number of nitrogens with zero attached hydrogens (tertiary/aromatic N) is 3.